The molecule has 0 saturated carbocycles. The maximum Gasteiger partial charge on any atom is 0.418 e. The van der Waals surface area contributed by atoms with Crippen LogP contribution in [-0.2, 0) is 12.7 Å². The summed E-state index contributed by atoms with van der Waals surface area (Å²) in [5.41, 5.74) is 5.67. The normalized spacial score (nSPS) is 17.8. The lowest BCUT2D eigenvalue weighted by atomic mass is 9.97. The van der Waals surface area contributed by atoms with E-state index in [2.05, 4.69) is 6.92 Å². The number of nitrogens with zero attached hydrogens (tertiary/aromatic N) is 1. The first-order valence-electron chi connectivity index (χ1n) is 6.57. The fourth-order valence-corrected chi connectivity index (χ4v) is 2.46. The van der Waals surface area contributed by atoms with Gasteiger partial charge in [-0.3, -0.25) is 0 Å². The molecule has 1 aromatic rings. The van der Waals surface area contributed by atoms with Crippen LogP contribution in [0.15, 0.2) is 18.2 Å². The average molecular weight is 272 g/mol. The minimum atomic E-state index is -4.33. The van der Waals surface area contributed by atoms with Crippen LogP contribution >= 0.6 is 0 Å². The highest BCUT2D eigenvalue weighted by molar-refractivity contribution is 5.56. The van der Waals surface area contributed by atoms with Crippen LogP contribution in [0.25, 0.3) is 0 Å². The number of halogens is 3. The maximum absolute atomic E-state index is 13.1. The molecule has 2 nitrogen and oxygen atoms in total. The average Bonchev–Trinajstić information content (AvgIpc) is 2.38. The van der Waals surface area contributed by atoms with Gasteiger partial charge in [-0.2, -0.15) is 13.2 Å². The van der Waals surface area contributed by atoms with Gasteiger partial charge in [0.2, 0.25) is 0 Å². The largest absolute Gasteiger partial charge is 0.418 e. The van der Waals surface area contributed by atoms with Crippen molar-refractivity contribution >= 4 is 5.69 Å². The van der Waals surface area contributed by atoms with Crippen molar-refractivity contribution in [2.45, 2.75) is 32.5 Å². The van der Waals surface area contributed by atoms with Crippen molar-refractivity contribution in [2.75, 3.05) is 18.0 Å². The van der Waals surface area contributed by atoms with E-state index in [-0.39, 0.29) is 12.2 Å². The summed E-state index contributed by atoms with van der Waals surface area (Å²) in [4.78, 5) is 1.84. The van der Waals surface area contributed by atoms with Crippen LogP contribution in [0.3, 0.4) is 0 Å². The predicted molar refractivity (Wildman–Crippen MR) is 69.9 cm³/mol. The second-order valence-corrected chi connectivity index (χ2v) is 5.22. The van der Waals surface area contributed by atoms with Crippen molar-refractivity contribution in [3.05, 3.63) is 29.3 Å². The van der Waals surface area contributed by atoms with Gasteiger partial charge >= 0.3 is 6.18 Å². The number of piperidine rings is 1. The maximum atomic E-state index is 13.1. The van der Waals surface area contributed by atoms with E-state index in [0.717, 1.165) is 12.8 Å². The number of anilines is 1. The number of benzene rings is 1. The van der Waals surface area contributed by atoms with Gasteiger partial charge in [0.25, 0.3) is 0 Å². The smallest absolute Gasteiger partial charge is 0.371 e. The molecule has 1 fully saturated rings. The molecule has 0 spiro atoms. The molecule has 1 aliphatic rings. The predicted octanol–water partition coefficient (Wildman–Crippen LogP) is 3.40. The van der Waals surface area contributed by atoms with Crippen LogP contribution in [0.5, 0.6) is 0 Å². The Morgan fingerprint density at radius 2 is 1.89 bits per heavy atom. The third kappa shape index (κ3) is 3.21. The van der Waals surface area contributed by atoms with Crippen molar-refractivity contribution in [2.24, 2.45) is 11.7 Å². The molecule has 106 valence electrons. The number of rotatable bonds is 2. The zero-order chi connectivity index (χ0) is 14.0. The lowest BCUT2D eigenvalue weighted by Crippen LogP contribution is -2.34. The summed E-state index contributed by atoms with van der Waals surface area (Å²) in [6.07, 6.45) is -2.45. The molecular weight excluding hydrogens is 253 g/mol. The summed E-state index contributed by atoms with van der Waals surface area (Å²) in [7, 11) is 0. The lowest BCUT2D eigenvalue weighted by molar-refractivity contribution is -0.137. The topological polar surface area (TPSA) is 29.3 Å². The van der Waals surface area contributed by atoms with Gasteiger partial charge in [0.15, 0.2) is 0 Å². The summed E-state index contributed by atoms with van der Waals surface area (Å²) in [5, 5.41) is 0. The molecule has 5 heteroatoms. The van der Waals surface area contributed by atoms with E-state index in [1.165, 1.54) is 6.07 Å². The number of hydrogen-bond donors (Lipinski definition) is 1. The zero-order valence-electron chi connectivity index (χ0n) is 11.0. The van der Waals surface area contributed by atoms with Gasteiger partial charge in [0.1, 0.15) is 0 Å². The quantitative estimate of drug-likeness (QED) is 0.894. The van der Waals surface area contributed by atoms with Gasteiger partial charge < -0.3 is 10.6 Å². The molecule has 2 rings (SSSR count). The van der Waals surface area contributed by atoms with Gasteiger partial charge in [-0.15, -0.1) is 0 Å². The molecule has 1 heterocycles. The first-order chi connectivity index (χ1) is 8.91. The van der Waals surface area contributed by atoms with Crippen molar-refractivity contribution in [1.29, 1.82) is 0 Å². The Balaban J connectivity index is 2.34. The summed E-state index contributed by atoms with van der Waals surface area (Å²) < 4.78 is 39.4. The van der Waals surface area contributed by atoms with Crippen LogP contribution in [-0.4, -0.2) is 13.1 Å². The number of alkyl halides is 3. The summed E-state index contributed by atoms with van der Waals surface area (Å²) >= 11 is 0. The highest BCUT2D eigenvalue weighted by Crippen LogP contribution is 2.38. The Kier molecular flexibility index (Phi) is 4.04. The van der Waals surface area contributed by atoms with E-state index in [1.807, 2.05) is 4.90 Å². The summed E-state index contributed by atoms with van der Waals surface area (Å²) in [6.45, 7) is 3.64. The highest BCUT2D eigenvalue weighted by atomic mass is 19.4. The van der Waals surface area contributed by atoms with Gasteiger partial charge in [-0.1, -0.05) is 13.0 Å². The summed E-state index contributed by atoms with van der Waals surface area (Å²) in [5.74, 6) is 0.592. The standard InChI is InChI=1S/C14H19F3N2/c1-10-4-6-19(7-5-10)13-3-2-11(9-18)8-12(13)14(15,16)17/h2-3,8,10H,4-7,9,18H2,1H3. The third-order valence-electron chi connectivity index (χ3n) is 3.73. The molecule has 2 N–H and O–H groups in total. The Morgan fingerprint density at radius 1 is 1.26 bits per heavy atom. The van der Waals surface area contributed by atoms with Gasteiger partial charge in [0.05, 0.1) is 5.56 Å². The van der Waals surface area contributed by atoms with Crippen LogP contribution in [0.4, 0.5) is 18.9 Å². The highest BCUT2D eigenvalue weighted by Gasteiger charge is 2.35. The molecule has 1 aliphatic heterocycles. The van der Waals surface area contributed by atoms with Crippen LogP contribution < -0.4 is 10.6 Å². The van der Waals surface area contributed by atoms with E-state index in [1.54, 1.807) is 12.1 Å². The molecule has 1 saturated heterocycles. The molecule has 0 aromatic heterocycles. The molecule has 0 atom stereocenters. The van der Waals surface area contributed by atoms with E-state index in [0.29, 0.717) is 24.6 Å². The molecule has 0 radical (unpaired) electrons. The van der Waals surface area contributed by atoms with Crippen molar-refractivity contribution in [1.82, 2.24) is 0 Å². The van der Waals surface area contributed by atoms with Crippen LogP contribution in [0.1, 0.15) is 30.9 Å². The second kappa shape index (κ2) is 5.41. The van der Waals surface area contributed by atoms with E-state index >= 15 is 0 Å². The van der Waals surface area contributed by atoms with E-state index in [9.17, 15) is 13.2 Å². The monoisotopic (exact) mass is 272 g/mol. The first-order valence-corrected chi connectivity index (χ1v) is 6.57. The number of hydrogen-bond acceptors (Lipinski definition) is 2. The lowest BCUT2D eigenvalue weighted by Gasteiger charge is -2.34. The Bertz CT molecular complexity index is 435. The minimum Gasteiger partial charge on any atom is -0.371 e. The van der Waals surface area contributed by atoms with Crippen molar-refractivity contribution in [3.63, 3.8) is 0 Å². The van der Waals surface area contributed by atoms with Gasteiger partial charge in [-0.05, 0) is 36.5 Å². The third-order valence-corrected chi connectivity index (χ3v) is 3.73. The van der Waals surface area contributed by atoms with Crippen LogP contribution in [0, 0.1) is 5.92 Å². The Morgan fingerprint density at radius 3 is 2.42 bits per heavy atom. The fraction of sp³-hybridized carbons (Fsp3) is 0.571. The molecule has 0 aliphatic carbocycles. The summed E-state index contributed by atoms with van der Waals surface area (Å²) in [6, 6.07) is 4.41. The van der Waals surface area contributed by atoms with Crippen LogP contribution in [0.2, 0.25) is 0 Å². The minimum absolute atomic E-state index is 0.125. The Labute approximate surface area is 111 Å². The molecule has 0 unspecified atom stereocenters. The Hall–Kier alpha value is -1.23. The zero-order valence-corrected chi connectivity index (χ0v) is 11.0. The molecule has 1 aromatic carbocycles. The SMILES string of the molecule is CC1CCN(c2ccc(CN)cc2C(F)(F)F)CC1. The fourth-order valence-electron chi connectivity index (χ4n) is 2.46. The molecule has 0 bridgehead atoms. The van der Waals surface area contributed by atoms with E-state index < -0.39 is 11.7 Å². The van der Waals surface area contributed by atoms with Crippen molar-refractivity contribution < 1.29 is 13.2 Å². The second-order valence-electron chi connectivity index (χ2n) is 5.22. The van der Waals surface area contributed by atoms with Gasteiger partial charge in [-0.25, -0.2) is 0 Å². The molecule has 0 amide bonds. The van der Waals surface area contributed by atoms with Gasteiger partial charge in [0, 0.05) is 25.3 Å². The molecule has 19 heavy (non-hydrogen) atoms. The van der Waals surface area contributed by atoms with Crippen molar-refractivity contribution in [3.8, 4) is 0 Å². The first kappa shape index (κ1) is 14.2. The van der Waals surface area contributed by atoms with E-state index in [4.69, 9.17) is 5.73 Å². The number of nitrogens with two attached hydrogens (primary N) is 1. The molecular formula is C14H19F3N2.